The van der Waals surface area contributed by atoms with Crippen LogP contribution in [0.15, 0.2) is 16.6 Å². The van der Waals surface area contributed by atoms with E-state index in [0.29, 0.717) is 12.8 Å². The van der Waals surface area contributed by atoms with Crippen LogP contribution in [0.25, 0.3) is 0 Å². The van der Waals surface area contributed by atoms with E-state index in [2.05, 4.69) is 21.2 Å². The van der Waals surface area contributed by atoms with Gasteiger partial charge in [-0.2, -0.15) is 0 Å². The van der Waals surface area contributed by atoms with Crippen molar-refractivity contribution in [3.8, 4) is 0 Å². The Morgan fingerprint density at radius 2 is 1.94 bits per heavy atom. The van der Waals surface area contributed by atoms with Gasteiger partial charge in [-0.25, -0.2) is 0 Å². The van der Waals surface area contributed by atoms with Crippen LogP contribution in [-0.4, -0.2) is 17.1 Å². The van der Waals surface area contributed by atoms with E-state index in [-0.39, 0.29) is 5.91 Å². The van der Waals surface area contributed by atoms with Crippen LogP contribution >= 0.6 is 15.9 Å². The molecule has 0 aliphatic carbocycles. The van der Waals surface area contributed by atoms with Gasteiger partial charge in [0.05, 0.1) is 6.10 Å². The summed E-state index contributed by atoms with van der Waals surface area (Å²) < 4.78 is 1.07. The van der Waals surface area contributed by atoms with E-state index in [1.165, 1.54) is 0 Å². The van der Waals surface area contributed by atoms with Crippen LogP contribution in [0.2, 0.25) is 0 Å². The number of hydrogen-bond donors (Lipinski definition) is 2. The molecule has 0 radical (unpaired) electrons. The summed E-state index contributed by atoms with van der Waals surface area (Å²) in [5.41, 5.74) is 2.99. The second-order valence-electron chi connectivity index (χ2n) is 4.36. The summed E-state index contributed by atoms with van der Waals surface area (Å²) in [7, 11) is 0. The largest absolute Gasteiger partial charge is 0.393 e. The minimum absolute atomic E-state index is 0.0629. The minimum atomic E-state index is -0.436. The van der Waals surface area contributed by atoms with Gasteiger partial charge in [-0.3, -0.25) is 4.79 Å². The summed E-state index contributed by atoms with van der Waals surface area (Å²) in [6.45, 7) is 5.66. The number of rotatable bonds is 4. The Morgan fingerprint density at radius 1 is 1.41 bits per heavy atom. The van der Waals surface area contributed by atoms with Crippen molar-refractivity contribution >= 4 is 27.5 Å². The van der Waals surface area contributed by atoms with E-state index in [1.807, 2.05) is 26.0 Å². The molecule has 0 saturated heterocycles. The van der Waals surface area contributed by atoms with Crippen molar-refractivity contribution in [3.05, 3.63) is 27.7 Å². The first-order valence-electron chi connectivity index (χ1n) is 5.65. The lowest BCUT2D eigenvalue weighted by atomic mass is 10.1. The molecule has 0 saturated carbocycles. The van der Waals surface area contributed by atoms with Gasteiger partial charge in [-0.1, -0.05) is 15.9 Å². The first kappa shape index (κ1) is 14.2. The van der Waals surface area contributed by atoms with Crippen molar-refractivity contribution in [2.45, 2.75) is 39.7 Å². The van der Waals surface area contributed by atoms with Gasteiger partial charge in [-0.15, -0.1) is 0 Å². The lowest BCUT2D eigenvalue weighted by Crippen LogP contribution is -2.14. The fourth-order valence-corrected chi connectivity index (χ4v) is 1.81. The molecule has 0 heterocycles. The van der Waals surface area contributed by atoms with Crippen LogP contribution < -0.4 is 5.32 Å². The number of anilines is 1. The highest BCUT2D eigenvalue weighted by Crippen LogP contribution is 2.25. The van der Waals surface area contributed by atoms with E-state index in [4.69, 9.17) is 5.11 Å². The fraction of sp³-hybridized carbons (Fsp3) is 0.462. The highest BCUT2D eigenvalue weighted by Gasteiger charge is 2.07. The molecular weight excluding hydrogens is 282 g/mol. The van der Waals surface area contributed by atoms with Gasteiger partial charge < -0.3 is 10.4 Å². The zero-order valence-electron chi connectivity index (χ0n) is 10.4. The fourth-order valence-electron chi connectivity index (χ4n) is 1.58. The predicted molar refractivity (Wildman–Crippen MR) is 73.2 cm³/mol. The van der Waals surface area contributed by atoms with Crippen LogP contribution in [0.1, 0.15) is 30.9 Å². The summed E-state index contributed by atoms with van der Waals surface area (Å²) in [5.74, 6) is -0.0629. The zero-order valence-corrected chi connectivity index (χ0v) is 12.0. The van der Waals surface area contributed by atoms with Gasteiger partial charge in [0.25, 0.3) is 0 Å². The second kappa shape index (κ2) is 6.17. The smallest absolute Gasteiger partial charge is 0.224 e. The maximum Gasteiger partial charge on any atom is 0.224 e. The van der Waals surface area contributed by atoms with Crippen molar-refractivity contribution in [1.29, 1.82) is 0 Å². The SMILES string of the molecule is Cc1cc(NC(=O)CCC(C)O)cc(C)c1Br. The van der Waals surface area contributed by atoms with Gasteiger partial charge in [0, 0.05) is 16.6 Å². The average Bonchev–Trinajstić information content (AvgIpc) is 2.23. The molecule has 0 aliphatic rings. The molecule has 0 aliphatic heterocycles. The summed E-state index contributed by atoms with van der Waals surface area (Å²) in [6.07, 6.45) is 0.390. The third kappa shape index (κ3) is 4.48. The maximum absolute atomic E-state index is 11.6. The van der Waals surface area contributed by atoms with Crippen molar-refractivity contribution < 1.29 is 9.90 Å². The first-order valence-corrected chi connectivity index (χ1v) is 6.44. The molecule has 1 unspecified atom stereocenters. The molecule has 17 heavy (non-hydrogen) atoms. The lowest BCUT2D eigenvalue weighted by Gasteiger charge is -2.10. The third-order valence-electron chi connectivity index (χ3n) is 2.51. The van der Waals surface area contributed by atoms with E-state index < -0.39 is 6.10 Å². The summed E-state index contributed by atoms with van der Waals surface area (Å²) in [6, 6.07) is 3.86. The second-order valence-corrected chi connectivity index (χ2v) is 5.15. The van der Waals surface area contributed by atoms with Crippen LogP contribution in [0, 0.1) is 13.8 Å². The minimum Gasteiger partial charge on any atom is -0.393 e. The molecule has 0 bridgehead atoms. The predicted octanol–water partition coefficient (Wildman–Crippen LogP) is 3.17. The molecule has 1 amide bonds. The Hall–Kier alpha value is -0.870. The lowest BCUT2D eigenvalue weighted by molar-refractivity contribution is -0.116. The summed E-state index contributed by atoms with van der Waals surface area (Å²) in [4.78, 5) is 11.6. The van der Waals surface area contributed by atoms with Crippen LogP contribution in [0.5, 0.6) is 0 Å². The Morgan fingerprint density at radius 3 is 2.41 bits per heavy atom. The molecule has 0 spiro atoms. The number of carbonyl (C=O) groups excluding carboxylic acids is 1. The maximum atomic E-state index is 11.6. The quantitative estimate of drug-likeness (QED) is 0.897. The Balaban J connectivity index is 2.66. The number of aliphatic hydroxyl groups is 1. The molecule has 1 aromatic rings. The molecule has 1 atom stereocenters. The molecular formula is C13H18BrNO2. The van der Waals surface area contributed by atoms with Crippen molar-refractivity contribution in [3.63, 3.8) is 0 Å². The molecule has 0 aromatic heterocycles. The van der Waals surface area contributed by atoms with Gasteiger partial charge >= 0.3 is 0 Å². The summed E-state index contributed by atoms with van der Waals surface area (Å²) >= 11 is 3.48. The molecule has 94 valence electrons. The third-order valence-corrected chi connectivity index (χ3v) is 3.76. The molecule has 1 aromatic carbocycles. The Kier molecular flexibility index (Phi) is 5.15. The first-order chi connectivity index (χ1) is 7.90. The monoisotopic (exact) mass is 299 g/mol. The Bertz CT molecular complexity index is 393. The van der Waals surface area contributed by atoms with Gasteiger partial charge in [0.15, 0.2) is 0 Å². The number of carbonyl (C=O) groups is 1. The topological polar surface area (TPSA) is 49.3 Å². The molecule has 4 heteroatoms. The highest BCUT2D eigenvalue weighted by molar-refractivity contribution is 9.10. The van der Waals surface area contributed by atoms with Crippen LogP contribution in [0.3, 0.4) is 0 Å². The average molecular weight is 300 g/mol. The molecule has 0 fully saturated rings. The number of aliphatic hydroxyl groups excluding tert-OH is 1. The zero-order chi connectivity index (χ0) is 13.0. The van der Waals surface area contributed by atoms with Crippen molar-refractivity contribution in [2.75, 3.05) is 5.32 Å². The van der Waals surface area contributed by atoms with E-state index in [1.54, 1.807) is 6.92 Å². The Labute approximate surface area is 110 Å². The molecule has 3 nitrogen and oxygen atoms in total. The van der Waals surface area contributed by atoms with Gasteiger partial charge in [-0.05, 0) is 50.5 Å². The van der Waals surface area contributed by atoms with Crippen LogP contribution in [0.4, 0.5) is 5.69 Å². The van der Waals surface area contributed by atoms with Gasteiger partial charge in [0.2, 0.25) is 5.91 Å². The highest BCUT2D eigenvalue weighted by atomic mass is 79.9. The van der Waals surface area contributed by atoms with E-state index >= 15 is 0 Å². The van der Waals surface area contributed by atoms with Crippen LogP contribution in [-0.2, 0) is 4.79 Å². The number of nitrogens with one attached hydrogen (secondary N) is 1. The number of amides is 1. The normalized spacial score (nSPS) is 12.3. The van der Waals surface area contributed by atoms with Crippen molar-refractivity contribution in [2.24, 2.45) is 0 Å². The summed E-state index contributed by atoms with van der Waals surface area (Å²) in [5, 5.41) is 11.9. The number of hydrogen-bond acceptors (Lipinski definition) is 2. The standard InChI is InChI=1S/C13H18BrNO2/c1-8-6-11(7-9(2)13(8)14)15-12(17)5-4-10(3)16/h6-7,10,16H,4-5H2,1-3H3,(H,15,17). The van der Waals surface area contributed by atoms with E-state index in [9.17, 15) is 4.79 Å². The van der Waals surface area contributed by atoms with Crippen molar-refractivity contribution in [1.82, 2.24) is 0 Å². The number of aryl methyl sites for hydroxylation is 2. The van der Waals surface area contributed by atoms with E-state index in [0.717, 1.165) is 21.3 Å². The number of benzene rings is 1. The van der Waals surface area contributed by atoms with Gasteiger partial charge in [0.1, 0.15) is 0 Å². The molecule has 1 rings (SSSR count). The molecule has 2 N–H and O–H groups in total. The number of halogens is 1.